The van der Waals surface area contributed by atoms with Crippen LogP contribution >= 0.6 is 26.6 Å². The van der Waals surface area contributed by atoms with Gasteiger partial charge in [0, 0.05) is 15.2 Å². The van der Waals surface area contributed by atoms with E-state index in [1.165, 1.54) is 0 Å². The SMILES string of the molecule is Nc1cc(Br)c(C(F)F)c(S(=O)(=O)Cl)n1. The number of halogens is 4. The molecule has 0 amide bonds. The number of alkyl halides is 2. The minimum Gasteiger partial charge on any atom is -0.384 e. The van der Waals surface area contributed by atoms with Gasteiger partial charge in [-0.05, 0) is 6.07 Å². The monoisotopic (exact) mass is 320 g/mol. The first-order valence-corrected chi connectivity index (χ1v) is 6.52. The van der Waals surface area contributed by atoms with Crippen molar-refractivity contribution >= 4 is 41.5 Å². The van der Waals surface area contributed by atoms with Crippen LogP contribution in [-0.2, 0) is 9.05 Å². The fraction of sp³-hybridized carbons (Fsp3) is 0.167. The molecule has 0 bridgehead atoms. The highest BCUT2D eigenvalue weighted by atomic mass is 79.9. The Labute approximate surface area is 97.0 Å². The lowest BCUT2D eigenvalue weighted by Crippen LogP contribution is -2.06. The molecular weight excluding hydrogens is 317 g/mol. The van der Waals surface area contributed by atoms with Gasteiger partial charge >= 0.3 is 0 Å². The number of aromatic nitrogens is 1. The van der Waals surface area contributed by atoms with Crippen molar-refractivity contribution in [3.8, 4) is 0 Å². The smallest absolute Gasteiger partial charge is 0.279 e. The minimum atomic E-state index is -4.35. The van der Waals surface area contributed by atoms with Crippen LogP contribution in [0.25, 0.3) is 0 Å². The first-order chi connectivity index (χ1) is 6.73. The second kappa shape index (κ2) is 4.18. The summed E-state index contributed by atoms with van der Waals surface area (Å²) in [5.41, 5.74) is 4.42. The van der Waals surface area contributed by atoms with E-state index in [2.05, 4.69) is 20.9 Å². The lowest BCUT2D eigenvalue weighted by Gasteiger charge is -2.08. The first kappa shape index (κ1) is 12.6. The lowest BCUT2D eigenvalue weighted by molar-refractivity contribution is 0.146. The summed E-state index contributed by atoms with van der Waals surface area (Å²) in [4.78, 5) is 3.27. The predicted molar refractivity (Wildman–Crippen MR) is 54.3 cm³/mol. The molecule has 0 atom stereocenters. The molecule has 1 heterocycles. The summed E-state index contributed by atoms with van der Waals surface area (Å²) in [6, 6.07) is 1.08. The van der Waals surface area contributed by atoms with Gasteiger partial charge in [-0.1, -0.05) is 15.9 Å². The minimum absolute atomic E-state index is 0.149. The second-order valence-corrected chi connectivity index (χ2v) is 5.82. The number of hydrogen-bond donors (Lipinski definition) is 1. The second-order valence-electron chi connectivity index (χ2n) is 2.49. The zero-order valence-electron chi connectivity index (χ0n) is 6.92. The lowest BCUT2D eigenvalue weighted by atomic mass is 10.3. The Hall–Kier alpha value is -0.470. The van der Waals surface area contributed by atoms with Gasteiger partial charge in [0.25, 0.3) is 15.5 Å². The van der Waals surface area contributed by atoms with Crippen LogP contribution in [0.5, 0.6) is 0 Å². The van der Waals surface area contributed by atoms with Crippen LogP contribution in [-0.4, -0.2) is 13.4 Å². The third-order valence-corrected chi connectivity index (χ3v) is 3.31. The van der Waals surface area contributed by atoms with Crippen LogP contribution < -0.4 is 5.73 Å². The van der Waals surface area contributed by atoms with E-state index in [0.717, 1.165) is 6.07 Å². The number of nitrogen functional groups attached to an aromatic ring is 1. The summed E-state index contributed by atoms with van der Waals surface area (Å²) in [5, 5.41) is -0.925. The number of anilines is 1. The number of rotatable bonds is 2. The molecule has 0 spiro atoms. The van der Waals surface area contributed by atoms with E-state index in [-0.39, 0.29) is 10.3 Å². The van der Waals surface area contributed by atoms with Crippen molar-refractivity contribution in [3.63, 3.8) is 0 Å². The highest BCUT2D eigenvalue weighted by molar-refractivity contribution is 9.10. The fourth-order valence-electron chi connectivity index (χ4n) is 0.903. The third-order valence-electron chi connectivity index (χ3n) is 1.44. The van der Waals surface area contributed by atoms with Crippen molar-refractivity contribution in [1.82, 2.24) is 4.98 Å². The maximum Gasteiger partial charge on any atom is 0.279 e. The molecule has 1 rings (SSSR count). The standard InChI is InChI=1S/C6H4BrClF2N2O2S/c7-2-1-3(11)12-6(15(8,13)14)4(2)5(9)10/h1,5H,(H2,11,12). The van der Waals surface area contributed by atoms with Crippen molar-refractivity contribution in [2.45, 2.75) is 11.5 Å². The summed E-state index contributed by atoms with van der Waals surface area (Å²) in [6.07, 6.45) is -3.02. The highest BCUT2D eigenvalue weighted by Gasteiger charge is 2.26. The molecule has 1 aromatic heterocycles. The summed E-state index contributed by atoms with van der Waals surface area (Å²) >= 11 is 2.77. The van der Waals surface area contributed by atoms with Crippen LogP contribution in [0, 0.1) is 0 Å². The van der Waals surface area contributed by atoms with Crippen LogP contribution in [0.4, 0.5) is 14.6 Å². The number of nitrogens with two attached hydrogens (primary N) is 1. The fourth-order valence-corrected chi connectivity index (χ4v) is 2.66. The molecule has 1 aromatic rings. The quantitative estimate of drug-likeness (QED) is 0.848. The third kappa shape index (κ3) is 2.76. The predicted octanol–water partition coefficient (Wildman–Crippen LogP) is 2.29. The van der Waals surface area contributed by atoms with E-state index in [4.69, 9.17) is 16.4 Å². The topological polar surface area (TPSA) is 73.1 Å². The van der Waals surface area contributed by atoms with Crippen LogP contribution in [0.3, 0.4) is 0 Å². The molecule has 0 aliphatic heterocycles. The van der Waals surface area contributed by atoms with E-state index in [0.29, 0.717) is 0 Å². The van der Waals surface area contributed by atoms with Gasteiger partial charge in [0.05, 0.1) is 5.56 Å². The van der Waals surface area contributed by atoms with E-state index in [1.54, 1.807) is 0 Å². The molecule has 84 valence electrons. The summed E-state index contributed by atoms with van der Waals surface area (Å²) in [6.45, 7) is 0. The summed E-state index contributed by atoms with van der Waals surface area (Å²) in [7, 11) is 0.599. The van der Waals surface area contributed by atoms with E-state index in [9.17, 15) is 17.2 Å². The highest BCUT2D eigenvalue weighted by Crippen LogP contribution is 2.34. The Balaban J connectivity index is 3.62. The van der Waals surface area contributed by atoms with Gasteiger partial charge < -0.3 is 5.73 Å². The van der Waals surface area contributed by atoms with Gasteiger partial charge in [0.2, 0.25) is 0 Å². The van der Waals surface area contributed by atoms with Gasteiger partial charge in [0.1, 0.15) is 5.82 Å². The van der Waals surface area contributed by atoms with Crippen molar-refractivity contribution < 1.29 is 17.2 Å². The molecule has 0 radical (unpaired) electrons. The summed E-state index contributed by atoms with van der Waals surface area (Å²) < 4.78 is 46.8. The van der Waals surface area contributed by atoms with Crippen molar-refractivity contribution in [3.05, 3.63) is 16.1 Å². The van der Waals surface area contributed by atoms with Gasteiger partial charge in [-0.2, -0.15) is 0 Å². The molecule has 0 aromatic carbocycles. The molecule has 0 saturated heterocycles. The molecule has 0 aliphatic carbocycles. The van der Waals surface area contributed by atoms with Crippen molar-refractivity contribution in [1.29, 1.82) is 0 Å². The zero-order chi connectivity index (χ0) is 11.8. The molecular formula is C6H4BrClF2N2O2S. The van der Waals surface area contributed by atoms with Gasteiger partial charge in [-0.15, -0.1) is 0 Å². The zero-order valence-corrected chi connectivity index (χ0v) is 10.1. The maximum absolute atomic E-state index is 12.5. The van der Waals surface area contributed by atoms with Gasteiger partial charge in [-0.3, -0.25) is 0 Å². The van der Waals surface area contributed by atoms with E-state index < -0.39 is 26.1 Å². The van der Waals surface area contributed by atoms with Crippen molar-refractivity contribution in [2.24, 2.45) is 0 Å². The number of nitrogens with zero attached hydrogens (tertiary/aromatic N) is 1. The molecule has 4 nitrogen and oxygen atoms in total. The number of hydrogen-bond acceptors (Lipinski definition) is 4. The Morgan fingerprint density at radius 2 is 2.07 bits per heavy atom. The number of pyridine rings is 1. The Morgan fingerprint density at radius 1 is 1.53 bits per heavy atom. The molecule has 2 N–H and O–H groups in total. The molecule has 0 saturated carbocycles. The Morgan fingerprint density at radius 3 is 2.47 bits per heavy atom. The van der Waals surface area contributed by atoms with Crippen LogP contribution in [0.2, 0.25) is 0 Å². The van der Waals surface area contributed by atoms with E-state index in [1.807, 2.05) is 0 Å². The largest absolute Gasteiger partial charge is 0.384 e. The normalized spacial score (nSPS) is 12.1. The van der Waals surface area contributed by atoms with Crippen molar-refractivity contribution in [2.75, 3.05) is 5.73 Å². The Bertz CT molecular complexity index is 494. The maximum atomic E-state index is 12.5. The van der Waals surface area contributed by atoms with E-state index >= 15 is 0 Å². The molecule has 0 fully saturated rings. The Kier molecular flexibility index (Phi) is 3.51. The molecule has 9 heteroatoms. The van der Waals surface area contributed by atoms with Crippen LogP contribution in [0.15, 0.2) is 15.6 Å². The molecule has 0 aliphatic rings. The van der Waals surface area contributed by atoms with Crippen LogP contribution in [0.1, 0.15) is 12.0 Å². The molecule has 0 unspecified atom stereocenters. The molecule has 15 heavy (non-hydrogen) atoms. The summed E-state index contributed by atoms with van der Waals surface area (Å²) in [5.74, 6) is -0.217. The first-order valence-electron chi connectivity index (χ1n) is 3.42. The van der Waals surface area contributed by atoms with Gasteiger partial charge in [-0.25, -0.2) is 22.2 Å². The average Bonchev–Trinajstić information content (AvgIpc) is 1.99. The van der Waals surface area contributed by atoms with Gasteiger partial charge in [0.15, 0.2) is 5.03 Å². The average molecular weight is 322 g/mol.